The summed E-state index contributed by atoms with van der Waals surface area (Å²) in [7, 11) is -2.31. The minimum absolute atomic E-state index is 0.239. The van der Waals surface area contributed by atoms with Crippen LogP contribution in [0.2, 0.25) is 5.02 Å². The minimum atomic E-state index is -3.77. The van der Waals surface area contributed by atoms with Gasteiger partial charge < -0.3 is 14.8 Å². The number of nitrogens with zero attached hydrogens (tertiary/aromatic N) is 1. The summed E-state index contributed by atoms with van der Waals surface area (Å²) in [5.74, 6) is 0.398. The molecular weight excluding hydrogens is 404 g/mol. The molecule has 0 fully saturated rings. The number of sulfonamides is 1. The van der Waals surface area contributed by atoms with E-state index in [0.717, 1.165) is 10.6 Å². The lowest BCUT2D eigenvalue weighted by Crippen LogP contribution is -2.45. The second-order valence-corrected chi connectivity index (χ2v) is 8.24. The molecule has 28 heavy (non-hydrogen) atoms. The molecule has 2 aromatic rings. The van der Waals surface area contributed by atoms with E-state index < -0.39 is 22.0 Å². The summed E-state index contributed by atoms with van der Waals surface area (Å²) >= 11 is 6.13. The van der Waals surface area contributed by atoms with Gasteiger partial charge in [0, 0.05) is 0 Å². The molecule has 0 saturated carbocycles. The molecule has 152 valence electrons. The van der Waals surface area contributed by atoms with E-state index in [0.29, 0.717) is 23.8 Å². The molecule has 9 heteroatoms. The first kappa shape index (κ1) is 21.8. The molecule has 1 atom stereocenters. The first-order valence-corrected chi connectivity index (χ1v) is 10.8. The zero-order valence-electron chi connectivity index (χ0n) is 16.1. The maximum absolute atomic E-state index is 12.8. The quantitative estimate of drug-likeness (QED) is 0.697. The van der Waals surface area contributed by atoms with Crippen LogP contribution in [0.25, 0.3) is 0 Å². The number of nitrogens with one attached hydrogen (secondary N) is 1. The first-order chi connectivity index (χ1) is 13.2. The molecule has 0 aliphatic rings. The van der Waals surface area contributed by atoms with Crippen molar-refractivity contribution in [3.05, 3.63) is 47.5 Å². The Morgan fingerprint density at radius 2 is 1.89 bits per heavy atom. The van der Waals surface area contributed by atoms with Gasteiger partial charge >= 0.3 is 0 Å². The van der Waals surface area contributed by atoms with E-state index in [1.807, 2.05) is 6.92 Å². The van der Waals surface area contributed by atoms with E-state index in [4.69, 9.17) is 21.1 Å². The summed E-state index contributed by atoms with van der Waals surface area (Å²) in [4.78, 5) is 12.8. The van der Waals surface area contributed by atoms with Crippen LogP contribution < -0.4 is 19.1 Å². The fourth-order valence-electron chi connectivity index (χ4n) is 2.69. The smallest absolute Gasteiger partial charge is 0.248 e. The SMILES string of the molecule is CCOc1ccccc1NC(=O)[C@H](C)N(c1ccc(OC)c(Cl)c1)S(C)(=O)=O. The highest BCUT2D eigenvalue weighted by Gasteiger charge is 2.30. The lowest BCUT2D eigenvalue weighted by Gasteiger charge is -2.28. The molecule has 0 unspecified atom stereocenters. The molecule has 0 saturated heterocycles. The van der Waals surface area contributed by atoms with Gasteiger partial charge in [-0.05, 0) is 44.2 Å². The van der Waals surface area contributed by atoms with Crippen molar-refractivity contribution in [2.75, 3.05) is 29.6 Å². The van der Waals surface area contributed by atoms with Crippen molar-refractivity contribution in [3.8, 4) is 11.5 Å². The molecule has 2 aromatic carbocycles. The van der Waals surface area contributed by atoms with Crippen molar-refractivity contribution < 1.29 is 22.7 Å². The van der Waals surface area contributed by atoms with Gasteiger partial charge in [0.05, 0.1) is 36.4 Å². The Balaban J connectivity index is 2.35. The minimum Gasteiger partial charge on any atom is -0.495 e. The molecule has 7 nitrogen and oxygen atoms in total. The normalized spacial score (nSPS) is 12.2. The Labute approximate surface area is 170 Å². The van der Waals surface area contributed by atoms with E-state index >= 15 is 0 Å². The van der Waals surface area contributed by atoms with Crippen LogP contribution in [-0.2, 0) is 14.8 Å². The highest BCUT2D eigenvalue weighted by Crippen LogP contribution is 2.32. The van der Waals surface area contributed by atoms with E-state index in [2.05, 4.69) is 5.32 Å². The number of rotatable bonds is 8. The highest BCUT2D eigenvalue weighted by molar-refractivity contribution is 7.92. The van der Waals surface area contributed by atoms with Gasteiger partial charge in [-0.25, -0.2) is 8.42 Å². The van der Waals surface area contributed by atoms with Crippen LogP contribution >= 0.6 is 11.6 Å². The zero-order chi connectivity index (χ0) is 20.9. The largest absolute Gasteiger partial charge is 0.495 e. The third-order valence-corrected chi connectivity index (χ3v) is 5.46. The zero-order valence-corrected chi connectivity index (χ0v) is 17.7. The van der Waals surface area contributed by atoms with Gasteiger partial charge in [-0.1, -0.05) is 23.7 Å². The Bertz CT molecular complexity index is 949. The Kier molecular flexibility index (Phi) is 7.15. The number of para-hydroxylation sites is 2. The molecule has 1 N–H and O–H groups in total. The number of ether oxygens (including phenoxy) is 2. The van der Waals surface area contributed by atoms with Crippen molar-refractivity contribution in [2.24, 2.45) is 0 Å². The second-order valence-electron chi connectivity index (χ2n) is 5.97. The average Bonchev–Trinajstić information content (AvgIpc) is 2.62. The maximum Gasteiger partial charge on any atom is 0.248 e. The second kappa shape index (κ2) is 9.16. The number of anilines is 2. The van der Waals surface area contributed by atoms with Gasteiger partial charge in [-0.15, -0.1) is 0 Å². The number of benzene rings is 2. The van der Waals surface area contributed by atoms with E-state index in [9.17, 15) is 13.2 Å². The van der Waals surface area contributed by atoms with Crippen molar-refractivity contribution in [2.45, 2.75) is 19.9 Å². The van der Waals surface area contributed by atoms with Crippen molar-refractivity contribution in [1.82, 2.24) is 0 Å². The molecule has 1 amide bonds. The van der Waals surface area contributed by atoms with Gasteiger partial charge in [0.1, 0.15) is 17.5 Å². The molecule has 0 spiro atoms. The molecule has 0 heterocycles. The monoisotopic (exact) mass is 426 g/mol. The Morgan fingerprint density at radius 3 is 2.46 bits per heavy atom. The molecular formula is C19H23ClN2O5S. The van der Waals surface area contributed by atoms with E-state index in [1.54, 1.807) is 30.3 Å². The average molecular weight is 427 g/mol. The van der Waals surface area contributed by atoms with Crippen LogP contribution in [0, 0.1) is 0 Å². The van der Waals surface area contributed by atoms with Crippen molar-refractivity contribution in [1.29, 1.82) is 0 Å². The van der Waals surface area contributed by atoms with Crippen molar-refractivity contribution in [3.63, 3.8) is 0 Å². The number of carbonyl (C=O) groups excluding carboxylic acids is 1. The lowest BCUT2D eigenvalue weighted by atomic mass is 10.2. The maximum atomic E-state index is 12.8. The Hall–Kier alpha value is -2.45. The standard InChI is InChI=1S/C19H23ClN2O5S/c1-5-27-18-9-7-6-8-16(18)21-19(23)13(2)22(28(4,24)25)14-10-11-17(26-3)15(20)12-14/h6-13H,5H2,1-4H3,(H,21,23)/t13-/m0/s1. The van der Waals surface area contributed by atoms with Gasteiger partial charge in [0.25, 0.3) is 0 Å². The van der Waals surface area contributed by atoms with Crippen molar-refractivity contribution >= 4 is 38.9 Å². The fourth-order valence-corrected chi connectivity index (χ4v) is 4.11. The summed E-state index contributed by atoms with van der Waals surface area (Å²) in [6.45, 7) is 3.76. The number of halogens is 1. The van der Waals surface area contributed by atoms with Crippen LogP contribution in [0.1, 0.15) is 13.8 Å². The van der Waals surface area contributed by atoms with Crippen LogP contribution in [0.5, 0.6) is 11.5 Å². The summed E-state index contributed by atoms with van der Waals surface area (Å²) in [6, 6.07) is 10.4. The number of hydrogen-bond acceptors (Lipinski definition) is 5. The number of methoxy groups -OCH3 is 1. The van der Waals surface area contributed by atoms with Crippen LogP contribution in [0.3, 0.4) is 0 Å². The number of hydrogen-bond donors (Lipinski definition) is 1. The molecule has 0 radical (unpaired) electrons. The molecule has 2 rings (SSSR count). The Morgan fingerprint density at radius 1 is 1.21 bits per heavy atom. The summed E-state index contributed by atoms with van der Waals surface area (Å²) in [5.41, 5.74) is 0.719. The van der Waals surface area contributed by atoms with Gasteiger partial charge in [-0.3, -0.25) is 9.10 Å². The number of carbonyl (C=O) groups is 1. The molecule has 0 aromatic heterocycles. The molecule has 0 aliphatic heterocycles. The third-order valence-electron chi connectivity index (χ3n) is 3.92. The topological polar surface area (TPSA) is 84.9 Å². The van der Waals surface area contributed by atoms with E-state index in [-0.39, 0.29) is 10.7 Å². The molecule has 0 aliphatic carbocycles. The molecule has 0 bridgehead atoms. The predicted molar refractivity (Wildman–Crippen MR) is 111 cm³/mol. The van der Waals surface area contributed by atoms with Gasteiger partial charge in [-0.2, -0.15) is 0 Å². The predicted octanol–water partition coefficient (Wildman–Crippen LogP) is 3.54. The fraction of sp³-hybridized carbons (Fsp3) is 0.316. The van der Waals surface area contributed by atoms with Crippen LogP contribution in [-0.4, -0.2) is 40.3 Å². The first-order valence-electron chi connectivity index (χ1n) is 8.54. The van der Waals surface area contributed by atoms with Gasteiger partial charge in [0.15, 0.2) is 0 Å². The van der Waals surface area contributed by atoms with E-state index in [1.165, 1.54) is 26.2 Å². The summed E-state index contributed by atoms with van der Waals surface area (Å²) in [5, 5.41) is 2.97. The van der Waals surface area contributed by atoms with Crippen LogP contribution in [0.4, 0.5) is 11.4 Å². The number of amides is 1. The van der Waals surface area contributed by atoms with Crippen LogP contribution in [0.15, 0.2) is 42.5 Å². The lowest BCUT2D eigenvalue weighted by molar-refractivity contribution is -0.116. The highest BCUT2D eigenvalue weighted by atomic mass is 35.5. The summed E-state index contributed by atoms with van der Waals surface area (Å²) < 4.78 is 36.4. The van der Waals surface area contributed by atoms with Gasteiger partial charge in [0.2, 0.25) is 15.9 Å². The summed E-state index contributed by atoms with van der Waals surface area (Å²) in [6.07, 6.45) is 1.03. The third kappa shape index (κ3) is 5.08.